The van der Waals surface area contributed by atoms with Crippen LogP contribution in [0.1, 0.15) is 26.1 Å². The molecule has 2 heterocycles. The minimum Gasteiger partial charge on any atom is -0.384 e. The lowest BCUT2D eigenvalue weighted by atomic mass is 10.2. The zero-order valence-electron chi connectivity index (χ0n) is 10.5. The number of anilines is 2. The number of hydrogen-bond acceptors (Lipinski definition) is 5. The lowest BCUT2D eigenvalue weighted by molar-refractivity contribution is 0.0985. The quantitative estimate of drug-likeness (QED) is 0.855. The molecule has 0 bridgehead atoms. The molecule has 1 aliphatic rings. The van der Waals surface area contributed by atoms with E-state index in [0.29, 0.717) is 11.9 Å². The minimum absolute atomic E-state index is 0.340. The van der Waals surface area contributed by atoms with E-state index in [2.05, 4.69) is 28.7 Å². The molecule has 1 unspecified atom stereocenters. The van der Waals surface area contributed by atoms with Gasteiger partial charge in [0, 0.05) is 19.0 Å². The summed E-state index contributed by atoms with van der Waals surface area (Å²) in [6.45, 7) is 6.61. The maximum Gasteiger partial charge on any atom is 0.134 e. The van der Waals surface area contributed by atoms with Gasteiger partial charge in [0.2, 0.25) is 0 Å². The first kappa shape index (κ1) is 12.1. The average Bonchev–Trinajstić information content (AvgIpc) is 2.29. The highest BCUT2D eigenvalue weighted by Crippen LogP contribution is 2.19. The van der Waals surface area contributed by atoms with Crippen LogP contribution >= 0.6 is 0 Å². The molecule has 1 atom stereocenters. The SMILES string of the molecule is CCCc1nc(N)cc(N2CCOCC2C)n1. The van der Waals surface area contributed by atoms with Crippen LogP contribution in [0.2, 0.25) is 0 Å². The lowest BCUT2D eigenvalue weighted by Gasteiger charge is -2.34. The molecule has 1 aromatic heterocycles. The van der Waals surface area contributed by atoms with E-state index in [0.717, 1.165) is 44.2 Å². The van der Waals surface area contributed by atoms with Crippen LogP contribution < -0.4 is 10.6 Å². The Morgan fingerprint density at radius 1 is 1.53 bits per heavy atom. The summed E-state index contributed by atoms with van der Waals surface area (Å²) in [5, 5.41) is 0. The van der Waals surface area contributed by atoms with Gasteiger partial charge in [-0.3, -0.25) is 0 Å². The Kier molecular flexibility index (Phi) is 3.78. The molecule has 1 fully saturated rings. The predicted molar refractivity (Wildman–Crippen MR) is 68.1 cm³/mol. The number of morpholine rings is 1. The number of hydrogen-bond donors (Lipinski definition) is 1. The summed E-state index contributed by atoms with van der Waals surface area (Å²) in [6, 6.07) is 2.19. The first-order valence-corrected chi connectivity index (χ1v) is 6.18. The van der Waals surface area contributed by atoms with Crippen molar-refractivity contribution in [1.29, 1.82) is 0 Å². The van der Waals surface area contributed by atoms with Crippen molar-refractivity contribution in [2.75, 3.05) is 30.4 Å². The largest absolute Gasteiger partial charge is 0.384 e. The smallest absolute Gasteiger partial charge is 0.134 e. The Bertz CT molecular complexity index is 383. The van der Waals surface area contributed by atoms with E-state index in [4.69, 9.17) is 10.5 Å². The number of nitrogen functional groups attached to an aromatic ring is 1. The monoisotopic (exact) mass is 236 g/mol. The molecule has 0 aliphatic carbocycles. The Morgan fingerprint density at radius 3 is 3.06 bits per heavy atom. The highest BCUT2D eigenvalue weighted by Gasteiger charge is 2.20. The lowest BCUT2D eigenvalue weighted by Crippen LogP contribution is -2.44. The maximum atomic E-state index is 5.83. The number of nitrogens with zero attached hydrogens (tertiary/aromatic N) is 3. The van der Waals surface area contributed by atoms with Gasteiger partial charge in [0.25, 0.3) is 0 Å². The van der Waals surface area contributed by atoms with E-state index in [-0.39, 0.29) is 0 Å². The van der Waals surface area contributed by atoms with Crippen molar-refractivity contribution in [2.45, 2.75) is 32.7 Å². The van der Waals surface area contributed by atoms with Gasteiger partial charge in [0.05, 0.1) is 19.3 Å². The third kappa shape index (κ3) is 2.85. The number of aryl methyl sites for hydroxylation is 1. The molecule has 2 N–H and O–H groups in total. The third-order valence-electron chi connectivity index (χ3n) is 2.91. The summed E-state index contributed by atoms with van der Waals surface area (Å²) in [6.07, 6.45) is 1.90. The summed E-state index contributed by atoms with van der Waals surface area (Å²) >= 11 is 0. The van der Waals surface area contributed by atoms with E-state index in [1.807, 2.05) is 6.07 Å². The predicted octanol–water partition coefficient (Wildman–Crippen LogP) is 1.24. The van der Waals surface area contributed by atoms with Crippen LogP contribution in [0.3, 0.4) is 0 Å². The standard InChI is InChI=1S/C12H20N4O/c1-3-4-11-14-10(13)7-12(15-11)16-5-6-17-8-9(16)2/h7,9H,3-6,8H2,1-2H3,(H2,13,14,15). The fourth-order valence-corrected chi connectivity index (χ4v) is 2.05. The molecule has 0 saturated carbocycles. The molecule has 1 aliphatic heterocycles. The Labute approximate surface area is 102 Å². The summed E-state index contributed by atoms with van der Waals surface area (Å²) in [5.41, 5.74) is 5.83. The van der Waals surface area contributed by atoms with Gasteiger partial charge in [-0.2, -0.15) is 0 Å². The van der Waals surface area contributed by atoms with E-state index < -0.39 is 0 Å². The van der Waals surface area contributed by atoms with Crippen molar-refractivity contribution in [2.24, 2.45) is 0 Å². The maximum absolute atomic E-state index is 5.83. The second-order valence-electron chi connectivity index (χ2n) is 4.43. The zero-order valence-corrected chi connectivity index (χ0v) is 10.5. The van der Waals surface area contributed by atoms with Crippen molar-refractivity contribution in [3.8, 4) is 0 Å². The normalized spacial score (nSPS) is 20.6. The zero-order chi connectivity index (χ0) is 12.3. The van der Waals surface area contributed by atoms with Crippen molar-refractivity contribution in [3.63, 3.8) is 0 Å². The molecule has 0 amide bonds. The topological polar surface area (TPSA) is 64.3 Å². The van der Waals surface area contributed by atoms with Crippen LogP contribution in [0.25, 0.3) is 0 Å². The highest BCUT2D eigenvalue weighted by molar-refractivity contribution is 5.48. The third-order valence-corrected chi connectivity index (χ3v) is 2.91. The van der Waals surface area contributed by atoms with Gasteiger partial charge in [-0.25, -0.2) is 9.97 Å². The first-order valence-electron chi connectivity index (χ1n) is 6.18. The highest BCUT2D eigenvalue weighted by atomic mass is 16.5. The van der Waals surface area contributed by atoms with Crippen LogP contribution in [0.5, 0.6) is 0 Å². The summed E-state index contributed by atoms with van der Waals surface area (Å²) in [5.74, 6) is 2.31. The number of aromatic nitrogens is 2. The van der Waals surface area contributed by atoms with Gasteiger partial charge in [-0.05, 0) is 13.3 Å². The van der Waals surface area contributed by atoms with Crippen molar-refractivity contribution >= 4 is 11.6 Å². The van der Waals surface area contributed by atoms with E-state index in [1.54, 1.807) is 0 Å². The Hall–Kier alpha value is -1.36. The second-order valence-corrected chi connectivity index (χ2v) is 4.43. The van der Waals surface area contributed by atoms with Gasteiger partial charge in [0.1, 0.15) is 17.5 Å². The molecule has 94 valence electrons. The van der Waals surface area contributed by atoms with Crippen molar-refractivity contribution in [3.05, 3.63) is 11.9 Å². The Balaban J connectivity index is 2.24. The van der Waals surface area contributed by atoms with Crippen LogP contribution in [0.15, 0.2) is 6.07 Å². The molecular weight excluding hydrogens is 216 g/mol. The van der Waals surface area contributed by atoms with E-state index in [9.17, 15) is 0 Å². The molecule has 0 spiro atoms. The molecule has 1 saturated heterocycles. The molecule has 17 heavy (non-hydrogen) atoms. The molecule has 0 radical (unpaired) electrons. The molecule has 0 aromatic carbocycles. The van der Waals surface area contributed by atoms with Gasteiger partial charge in [-0.1, -0.05) is 6.92 Å². The minimum atomic E-state index is 0.340. The first-order chi connectivity index (χ1) is 8.20. The average molecular weight is 236 g/mol. The fourth-order valence-electron chi connectivity index (χ4n) is 2.05. The fraction of sp³-hybridized carbons (Fsp3) is 0.667. The summed E-state index contributed by atoms with van der Waals surface area (Å²) < 4.78 is 5.43. The molecule has 2 rings (SSSR count). The van der Waals surface area contributed by atoms with E-state index in [1.165, 1.54) is 0 Å². The van der Waals surface area contributed by atoms with Gasteiger partial charge in [0.15, 0.2) is 0 Å². The number of rotatable bonds is 3. The molecule has 1 aromatic rings. The van der Waals surface area contributed by atoms with Gasteiger partial charge >= 0.3 is 0 Å². The second kappa shape index (κ2) is 5.31. The van der Waals surface area contributed by atoms with Crippen LogP contribution in [-0.2, 0) is 11.2 Å². The molecule has 5 heteroatoms. The van der Waals surface area contributed by atoms with Gasteiger partial charge in [-0.15, -0.1) is 0 Å². The summed E-state index contributed by atoms with van der Waals surface area (Å²) in [4.78, 5) is 11.1. The number of nitrogens with two attached hydrogens (primary N) is 1. The van der Waals surface area contributed by atoms with Gasteiger partial charge < -0.3 is 15.4 Å². The van der Waals surface area contributed by atoms with Crippen LogP contribution in [0, 0.1) is 0 Å². The molecule has 5 nitrogen and oxygen atoms in total. The van der Waals surface area contributed by atoms with Crippen molar-refractivity contribution < 1.29 is 4.74 Å². The van der Waals surface area contributed by atoms with E-state index >= 15 is 0 Å². The van der Waals surface area contributed by atoms with Crippen molar-refractivity contribution in [1.82, 2.24) is 9.97 Å². The molecular formula is C12H20N4O. The van der Waals surface area contributed by atoms with Crippen LogP contribution in [-0.4, -0.2) is 35.8 Å². The number of ether oxygens (including phenoxy) is 1. The van der Waals surface area contributed by atoms with Crippen LogP contribution in [0.4, 0.5) is 11.6 Å². The Morgan fingerprint density at radius 2 is 2.35 bits per heavy atom. The summed E-state index contributed by atoms with van der Waals surface area (Å²) in [7, 11) is 0.